The van der Waals surface area contributed by atoms with Gasteiger partial charge in [-0.05, 0) is 51.5 Å². The molecule has 1 rings (SSSR count). The molecule has 7 heteroatoms. The second-order valence-corrected chi connectivity index (χ2v) is 7.53. The number of hydrogen-bond donors (Lipinski definition) is 2. The number of halogens is 3. The molecule has 0 amide bonds. The number of hydrogen-bond acceptors (Lipinski definition) is 2. The summed E-state index contributed by atoms with van der Waals surface area (Å²) in [6.07, 6.45) is -4.53. The van der Waals surface area contributed by atoms with E-state index in [1.807, 2.05) is 0 Å². The zero-order valence-corrected chi connectivity index (χ0v) is 12.5. The van der Waals surface area contributed by atoms with Gasteiger partial charge in [0.1, 0.15) is 5.75 Å². The molecule has 0 saturated heterocycles. The smallest absolute Gasteiger partial charge is 0.416 e. The number of phenolic OH excluding ortho intramolecular Hbond substituents is 1. The third-order valence-electron chi connectivity index (χ3n) is 2.61. The Hall–Kier alpha value is -1.08. The predicted molar refractivity (Wildman–Crippen MR) is 72.6 cm³/mol. The highest BCUT2D eigenvalue weighted by Gasteiger charge is 2.32. The topological polar surface area (TPSA) is 49.3 Å². The van der Waals surface area contributed by atoms with E-state index < -0.39 is 39.3 Å². The molecule has 0 aromatic heterocycles. The van der Waals surface area contributed by atoms with Gasteiger partial charge in [0.25, 0.3) is 0 Å². The molecule has 0 saturated carbocycles. The van der Waals surface area contributed by atoms with E-state index in [1.54, 1.807) is 27.7 Å². The van der Waals surface area contributed by atoms with E-state index in [1.165, 1.54) is 6.07 Å². The van der Waals surface area contributed by atoms with E-state index in [0.29, 0.717) is 6.07 Å². The molecule has 0 radical (unpaired) electrons. The minimum atomic E-state index is -4.53. The van der Waals surface area contributed by atoms with Gasteiger partial charge in [0.2, 0.25) is 0 Å². The van der Waals surface area contributed by atoms with Gasteiger partial charge in [0.05, 0.1) is 21.3 Å². The van der Waals surface area contributed by atoms with Crippen LogP contribution >= 0.6 is 0 Å². The van der Waals surface area contributed by atoms with E-state index >= 15 is 0 Å². The third-order valence-corrected chi connectivity index (χ3v) is 4.29. The molecule has 3 nitrogen and oxygen atoms in total. The molecule has 0 fully saturated rings. The van der Waals surface area contributed by atoms with Gasteiger partial charge in [-0.15, -0.1) is 0 Å². The molecule has 0 heterocycles. The quantitative estimate of drug-likeness (QED) is 0.897. The highest BCUT2D eigenvalue weighted by molar-refractivity contribution is 7.84. The van der Waals surface area contributed by atoms with Crippen LogP contribution in [0.25, 0.3) is 0 Å². The summed E-state index contributed by atoms with van der Waals surface area (Å²) in [5.41, 5.74) is -0.697. The molecular weight excluding hydrogens is 291 g/mol. The van der Waals surface area contributed by atoms with Crippen molar-refractivity contribution in [2.45, 2.75) is 44.7 Å². The molecule has 20 heavy (non-hydrogen) atoms. The van der Waals surface area contributed by atoms with Crippen molar-refractivity contribution in [1.29, 1.82) is 0 Å². The van der Waals surface area contributed by atoms with Crippen LogP contribution in [0.5, 0.6) is 5.75 Å². The van der Waals surface area contributed by atoms with Gasteiger partial charge in [-0.25, -0.2) is 8.93 Å². The summed E-state index contributed by atoms with van der Waals surface area (Å²) in [6, 6.07) is 2.25. The molecular formula is C13H18F3NO2S. The van der Waals surface area contributed by atoms with Gasteiger partial charge in [0.15, 0.2) is 0 Å². The minimum Gasteiger partial charge on any atom is -0.508 e. The maximum atomic E-state index is 12.7. The fraction of sp³-hybridized carbons (Fsp3) is 0.538. The lowest BCUT2D eigenvalue weighted by atomic mass is 10.0. The molecule has 114 valence electrons. The van der Waals surface area contributed by atoms with Crippen molar-refractivity contribution in [3.63, 3.8) is 0 Å². The van der Waals surface area contributed by atoms with Crippen LogP contribution in [0.4, 0.5) is 13.2 Å². The highest BCUT2D eigenvalue weighted by atomic mass is 32.2. The molecule has 1 unspecified atom stereocenters. The summed E-state index contributed by atoms with van der Waals surface area (Å²) < 4.78 is 52.2. The van der Waals surface area contributed by atoms with Crippen molar-refractivity contribution < 1.29 is 22.5 Å². The Morgan fingerprint density at radius 2 is 1.75 bits per heavy atom. The molecule has 0 bridgehead atoms. The predicted octanol–water partition coefficient (Wildman–Crippen LogP) is 3.52. The Balaban J connectivity index is 3.02. The molecule has 1 aromatic carbocycles. The minimum absolute atomic E-state index is 0.231. The van der Waals surface area contributed by atoms with Gasteiger partial charge < -0.3 is 5.11 Å². The van der Waals surface area contributed by atoms with Crippen LogP contribution in [0.15, 0.2) is 18.2 Å². The molecule has 0 aliphatic rings. The van der Waals surface area contributed by atoms with Crippen molar-refractivity contribution in [2.75, 3.05) is 0 Å². The van der Waals surface area contributed by atoms with Crippen LogP contribution in [-0.2, 0) is 17.2 Å². The Morgan fingerprint density at radius 3 is 2.20 bits per heavy atom. The Kier molecular flexibility index (Phi) is 4.86. The fourth-order valence-corrected chi connectivity index (χ4v) is 2.26. The van der Waals surface area contributed by atoms with Gasteiger partial charge in [-0.1, -0.05) is 0 Å². The van der Waals surface area contributed by atoms with Crippen LogP contribution in [-0.4, -0.2) is 14.1 Å². The van der Waals surface area contributed by atoms with Crippen molar-refractivity contribution in [1.82, 2.24) is 4.72 Å². The molecule has 0 aliphatic carbocycles. The normalized spacial score (nSPS) is 15.9. The Morgan fingerprint density at radius 1 is 1.20 bits per heavy atom. The highest BCUT2D eigenvalue weighted by Crippen LogP contribution is 2.33. The van der Waals surface area contributed by atoms with Crippen molar-refractivity contribution in [2.24, 2.45) is 0 Å². The first kappa shape index (κ1) is 17.0. The lowest BCUT2D eigenvalue weighted by Gasteiger charge is -2.22. The fourth-order valence-electron chi connectivity index (χ4n) is 1.45. The van der Waals surface area contributed by atoms with Crippen molar-refractivity contribution in [3.05, 3.63) is 29.3 Å². The maximum absolute atomic E-state index is 12.7. The second kappa shape index (κ2) is 5.73. The van der Waals surface area contributed by atoms with Crippen LogP contribution in [0, 0.1) is 0 Å². The number of benzene rings is 1. The summed E-state index contributed by atoms with van der Waals surface area (Å²) in [7, 11) is -1.42. The summed E-state index contributed by atoms with van der Waals surface area (Å²) >= 11 is 0. The summed E-state index contributed by atoms with van der Waals surface area (Å²) in [6.45, 7) is 6.86. The Labute approximate surface area is 118 Å². The largest absolute Gasteiger partial charge is 0.508 e. The van der Waals surface area contributed by atoms with E-state index in [-0.39, 0.29) is 5.56 Å². The van der Waals surface area contributed by atoms with E-state index in [2.05, 4.69) is 4.72 Å². The summed E-state index contributed by atoms with van der Waals surface area (Å²) in [5.74, 6) is -0.468. The molecule has 0 aliphatic heterocycles. The molecule has 1 aromatic rings. The first-order valence-corrected chi connectivity index (χ1v) is 7.15. The SMILES string of the molecule is C[C@@H](NS(=O)C(C)(C)C)c1cc(O)cc(C(F)(F)F)c1. The Bertz CT molecular complexity index is 509. The summed E-state index contributed by atoms with van der Waals surface area (Å²) in [4.78, 5) is 0. The first-order valence-electron chi connectivity index (χ1n) is 6.00. The lowest BCUT2D eigenvalue weighted by molar-refractivity contribution is -0.137. The average Bonchev–Trinajstić information content (AvgIpc) is 2.25. The zero-order valence-electron chi connectivity index (χ0n) is 11.7. The number of phenols is 1. The molecule has 0 spiro atoms. The van der Waals surface area contributed by atoms with Gasteiger partial charge in [-0.2, -0.15) is 13.2 Å². The number of alkyl halides is 3. The third kappa shape index (κ3) is 4.49. The van der Waals surface area contributed by atoms with Crippen molar-refractivity contribution in [3.8, 4) is 5.75 Å². The summed E-state index contributed by atoms with van der Waals surface area (Å²) in [5, 5.41) is 9.40. The van der Waals surface area contributed by atoms with Crippen LogP contribution < -0.4 is 4.72 Å². The average molecular weight is 309 g/mol. The van der Waals surface area contributed by atoms with Gasteiger partial charge in [0, 0.05) is 6.04 Å². The van der Waals surface area contributed by atoms with Gasteiger partial charge in [-0.3, -0.25) is 0 Å². The maximum Gasteiger partial charge on any atom is 0.416 e. The molecule has 2 N–H and O–H groups in total. The number of nitrogens with one attached hydrogen (secondary N) is 1. The number of rotatable bonds is 3. The zero-order chi connectivity index (χ0) is 15.7. The van der Waals surface area contributed by atoms with E-state index in [0.717, 1.165) is 6.07 Å². The van der Waals surface area contributed by atoms with E-state index in [9.17, 15) is 22.5 Å². The van der Waals surface area contributed by atoms with E-state index in [4.69, 9.17) is 0 Å². The van der Waals surface area contributed by atoms with Crippen molar-refractivity contribution >= 4 is 11.0 Å². The first-order chi connectivity index (χ1) is 8.91. The van der Waals surface area contributed by atoms with Crippen LogP contribution in [0.1, 0.15) is 44.9 Å². The second-order valence-electron chi connectivity index (χ2n) is 5.53. The number of aromatic hydroxyl groups is 1. The van der Waals surface area contributed by atoms with Crippen LogP contribution in [0.2, 0.25) is 0 Å². The lowest BCUT2D eigenvalue weighted by Crippen LogP contribution is -2.34. The monoisotopic (exact) mass is 309 g/mol. The van der Waals surface area contributed by atoms with Crippen LogP contribution in [0.3, 0.4) is 0 Å². The molecule has 2 atom stereocenters. The van der Waals surface area contributed by atoms with Gasteiger partial charge >= 0.3 is 6.18 Å². The standard InChI is InChI=1S/C13H18F3NO2S/c1-8(17-20(19)12(2,3)4)9-5-10(13(14,15)16)7-11(18)6-9/h5-8,17-18H,1-4H3/t8-,20?/m1/s1.